The SMILES string of the molecule is Cc1ccc(Oc2ccc3c(c2)SNC2CCCN32)cc1. The van der Waals surface area contributed by atoms with Crippen LogP contribution in [0.15, 0.2) is 47.4 Å². The number of benzene rings is 2. The molecule has 3 nitrogen and oxygen atoms in total. The molecule has 2 heterocycles. The van der Waals surface area contributed by atoms with Gasteiger partial charge in [-0.1, -0.05) is 17.7 Å². The van der Waals surface area contributed by atoms with Gasteiger partial charge < -0.3 is 9.64 Å². The van der Waals surface area contributed by atoms with Crippen LogP contribution in [0.3, 0.4) is 0 Å². The van der Waals surface area contributed by atoms with Crippen molar-refractivity contribution in [2.45, 2.75) is 30.8 Å². The maximum Gasteiger partial charge on any atom is 0.128 e. The van der Waals surface area contributed by atoms with Crippen LogP contribution in [0.4, 0.5) is 5.69 Å². The van der Waals surface area contributed by atoms with Crippen LogP contribution in [0.5, 0.6) is 11.5 Å². The van der Waals surface area contributed by atoms with E-state index in [1.165, 1.54) is 29.0 Å². The third kappa shape index (κ3) is 2.49. The lowest BCUT2D eigenvalue weighted by atomic mass is 10.2. The molecule has 2 aromatic carbocycles. The molecule has 0 spiro atoms. The van der Waals surface area contributed by atoms with Crippen LogP contribution in [0.1, 0.15) is 18.4 Å². The molecule has 1 saturated heterocycles. The highest BCUT2D eigenvalue weighted by atomic mass is 32.2. The first-order valence-electron chi connectivity index (χ1n) is 7.37. The van der Waals surface area contributed by atoms with Crippen LogP contribution in [0.25, 0.3) is 0 Å². The number of nitrogens with zero attached hydrogens (tertiary/aromatic N) is 1. The molecule has 0 amide bonds. The summed E-state index contributed by atoms with van der Waals surface area (Å²) in [6.45, 7) is 3.22. The lowest BCUT2D eigenvalue weighted by Gasteiger charge is -2.33. The number of fused-ring (bicyclic) bond motifs is 3. The summed E-state index contributed by atoms with van der Waals surface area (Å²) in [4.78, 5) is 3.71. The first-order chi connectivity index (χ1) is 10.3. The van der Waals surface area contributed by atoms with Crippen LogP contribution in [0, 0.1) is 6.92 Å². The molecule has 4 rings (SSSR count). The molecular weight excluding hydrogens is 280 g/mol. The first-order valence-corrected chi connectivity index (χ1v) is 8.19. The number of anilines is 1. The van der Waals surface area contributed by atoms with Crippen molar-refractivity contribution in [3.05, 3.63) is 48.0 Å². The summed E-state index contributed by atoms with van der Waals surface area (Å²) in [5.41, 5.74) is 2.57. The van der Waals surface area contributed by atoms with Gasteiger partial charge in [0.05, 0.1) is 11.9 Å². The molecule has 0 radical (unpaired) electrons. The van der Waals surface area contributed by atoms with Gasteiger partial charge in [0.2, 0.25) is 0 Å². The summed E-state index contributed by atoms with van der Waals surface area (Å²) in [6.07, 6.45) is 2.99. The highest BCUT2D eigenvalue weighted by Crippen LogP contribution is 2.40. The molecule has 2 aromatic rings. The molecule has 1 atom stereocenters. The minimum Gasteiger partial charge on any atom is -0.457 e. The van der Waals surface area contributed by atoms with E-state index in [0.29, 0.717) is 6.17 Å². The van der Waals surface area contributed by atoms with E-state index in [-0.39, 0.29) is 0 Å². The van der Waals surface area contributed by atoms with Gasteiger partial charge in [-0.15, -0.1) is 0 Å². The lowest BCUT2D eigenvalue weighted by Crippen LogP contribution is -2.41. The zero-order valence-corrected chi connectivity index (χ0v) is 12.8. The standard InChI is InChI=1S/C17H18N2OS/c1-12-4-6-13(7-5-12)20-14-8-9-15-16(11-14)21-18-17-3-2-10-19(15)17/h4-9,11,17-18H,2-3,10H2,1H3. The maximum absolute atomic E-state index is 5.95. The van der Waals surface area contributed by atoms with Crippen molar-refractivity contribution < 1.29 is 4.74 Å². The molecule has 108 valence electrons. The second-order valence-electron chi connectivity index (χ2n) is 5.62. The second-order valence-corrected chi connectivity index (χ2v) is 6.50. The quantitative estimate of drug-likeness (QED) is 0.834. The maximum atomic E-state index is 5.95. The van der Waals surface area contributed by atoms with E-state index in [4.69, 9.17) is 4.74 Å². The molecule has 4 heteroatoms. The van der Waals surface area contributed by atoms with E-state index < -0.39 is 0 Å². The monoisotopic (exact) mass is 298 g/mol. The van der Waals surface area contributed by atoms with E-state index in [1.54, 1.807) is 11.9 Å². The van der Waals surface area contributed by atoms with Gasteiger partial charge in [0.25, 0.3) is 0 Å². The zero-order valence-electron chi connectivity index (χ0n) is 12.0. The highest BCUT2D eigenvalue weighted by molar-refractivity contribution is 7.97. The Morgan fingerprint density at radius 1 is 1.14 bits per heavy atom. The Balaban J connectivity index is 1.59. The Labute approximate surface area is 129 Å². The van der Waals surface area contributed by atoms with Crippen LogP contribution < -0.4 is 14.4 Å². The largest absolute Gasteiger partial charge is 0.457 e. The lowest BCUT2D eigenvalue weighted by molar-refractivity contribution is 0.480. The van der Waals surface area contributed by atoms with Crippen molar-refractivity contribution in [2.24, 2.45) is 0 Å². The summed E-state index contributed by atoms with van der Waals surface area (Å²) in [6, 6.07) is 14.5. The molecule has 1 fully saturated rings. The van der Waals surface area contributed by atoms with Crippen molar-refractivity contribution in [3.63, 3.8) is 0 Å². The van der Waals surface area contributed by atoms with Gasteiger partial charge in [-0.25, -0.2) is 4.72 Å². The number of nitrogens with one attached hydrogen (secondary N) is 1. The predicted molar refractivity (Wildman–Crippen MR) is 87.1 cm³/mol. The average molecular weight is 298 g/mol. The Morgan fingerprint density at radius 2 is 1.95 bits per heavy atom. The summed E-state index contributed by atoms with van der Waals surface area (Å²) >= 11 is 1.72. The third-order valence-corrected chi connectivity index (χ3v) is 4.99. The van der Waals surface area contributed by atoms with Crippen LogP contribution in [-0.4, -0.2) is 12.7 Å². The van der Waals surface area contributed by atoms with Crippen LogP contribution >= 0.6 is 11.9 Å². The first kappa shape index (κ1) is 13.0. The molecule has 2 aliphatic rings. The molecule has 0 bridgehead atoms. The van der Waals surface area contributed by atoms with Gasteiger partial charge in [0.1, 0.15) is 11.5 Å². The second kappa shape index (κ2) is 5.28. The normalized spacial score (nSPS) is 20.0. The van der Waals surface area contributed by atoms with Gasteiger partial charge >= 0.3 is 0 Å². The fraction of sp³-hybridized carbons (Fsp3) is 0.294. The molecule has 1 N–H and O–H groups in total. The van der Waals surface area contributed by atoms with Crippen molar-refractivity contribution >= 4 is 17.6 Å². The number of ether oxygens (including phenoxy) is 1. The van der Waals surface area contributed by atoms with Crippen LogP contribution in [0.2, 0.25) is 0 Å². The minimum atomic E-state index is 0.492. The molecule has 2 aliphatic heterocycles. The molecule has 1 unspecified atom stereocenters. The molecule has 0 aromatic heterocycles. The van der Waals surface area contributed by atoms with Gasteiger partial charge in [-0.2, -0.15) is 0 Å². The Bertz CT molecular complexity index is 656. The predicted octanol–water partition coefficient (Wildman–Crippen LogP) is 4.32. The molecule has 0 aliphatic carbocycles. The Hall–Kier alpha value is -1.65. The van der Waals surface area contributed by atoms with E-state index in [0.717, 1.165) is 18.0 Å². The smallest absolute Gasteiger partial charge is 0.128 e. The zero-order chi connectivity index (χ0) is 14.2. The molecular formula is C17H18N2OS. The highest BCUT2D eigenvalue weighted by Gasteiger charge is 2.30. The topological polar surface area (TPSA) is 24.5 Å². The fourth-order valence-corrected chi connectivity index (χ4v) is 3.90. The summed E-state index contributed by atoms with van der Waals surface area (Å²) in [5, 5.41) is 0. The van der Waals surface area contributed by atoms with Crippen LogP contribution in [-0.2, 0) is 0 Å². The van der Waals surface area contributed by atoms with Crippen molar-refractivity contribution in [1.82, 2.24) is 4.72 Å². The van der Waals surface area contributed by atoms with E-state index in [1.807, 2.05) is 12.1 Å². The third-order valence-electron chi connectivity index (χ3n) is 4.06. The molecule has 0 saturated carbocycles. The number of aryl methyl sites for hydroxylation is 1. The van der Waals surface area contributed by atoms with Crippen molar-refractivity contribution in [3.8, 4) is 11.5 Å². The average Bonchev–Trinajstić information content (AvgIpc) is 2.98. The van der Waals surface area contributed by atoms with Crippen molar-refractivity contribution in [1.29, 1.82) is 0 Å². The van der Waals surface area contributed by atoms with E-state index >= 15 is 0 Å². The fourth-order valence-electron chi connectivity index (χ4n) is 2.93. The van der Waals surface area contributed by atoms with E-state index in [2.05, 4.69) is 46.9 Å². The van der Waals surface area contributed by atoms with E-state index in [9.17, 15) is 0 Å². The van der Waals surface area contributed by atoms with Gasteiger partial charge in [-0.3, -0.25) is 0 Å². The minimum absolute atomic E-state index is 0.492. The Kier molecular flexibility index (Phi) is 3.28. The summed E-state index contributed by atoms with van der Waals surface area (Å²) in [5.74, 6) is 1.78. The molecule has 21 heavy (non-hydrogen) atoms. The van der Waals surface area contributed by atoms with Crippen molar-refractivity contribution in [2.75, 3.05) is 11.4 Å². The van der Waals surface area contributed by atoms with Gasteiger partial charge in [0.15, 0.2) is 0 Å². The van der Waals surface area contributed by atoms with Gasteiger partial charge in [0, 0.05) is 11.4 Å². The number of hydrogen-bond donors (Lipinski definition) is 1. The van der Waals surface area contributed by atoms with Gasteiger partial charge in [-0.05, 0) is 62.0 Å². The number of rotatable bonds is 2. The summed E-state index contributed by atoms with van der Waals surface area (Å²) < 4.78 is 9.47. The summed E-state index contributed by atoms with van der Waals surface area (Å²) in [7, 11) is 0. The Morgan fingerprint density at radius 3 is 2.81 bits per heavy atom. The number of hydrogen-bond acceptors (Lipinski definition) is 4.